The van der Waals surface area contributed by atoms with Gasteiger partial charge in [-0.3, -0.25) is 4.79 Å². The van der Waals surface area contributed by atoms with E-state index in [0.717, 1.165) is 5.56 Å². The zero-order valence-electron chi connectivity index (χ0n) is 11.5. The van der Waals surface area contributed by atoms with Crippen molar-refractivity contribution in [2.75, 3.05) is 6.61 Å². The monoisotopic (exact) mass is 281 g/mol. The van der Waals surface area contributed by atoms with Crippen LogP contribution in [0, 0.1) is 0 Å². The van der Waals surface area contributed by atoms with E-state index in [9.17, 15) is 4.79 Å². The Morgan fingerprint density at radius 2 is 1.95 bits per heavy atom. The molecule has 0 bridgehead atoms. The van der Waals surface area contributed by atoms with Gasteiger partial charge in [-0.2, -0.15) is 0 Å². The first-order valence-corrected chi connectivity index (χ1v) is 6.78. The molecule has 5 heteroatoms. The lowest BCUT2D eigenvalue weighted by molar-refractivity contribution is 0.122. The van der Waals surface area contributed by atoms with E-state index in [1.54, 1.807) is 18.3 Å². The number of hydrogen-bond acceptors (Lipinski definition) is 4. The van der Waals surface area contributed by atoms with E-state index < -0.39 is 0 Å². The summed E-state index contributed by atoms with van der Waals surface area (Å²) < 4.78 is 5.59. The molecule has 3 rings (SSSR count). The van der Waals surface area contributed by atoms with Crippen LogP contribution in [-0.2, 0) is 17.8 Å². The minimum absolute atomic E-state index is 0.161. The normalized spacial score (nSPS) is 10.9. The summed E-state index contributed by atoms with van der Waals surface area (Å²) in [4.78, 5) is 23.1. The third-order valence-electron chi connectivity index (χ3n) is 3.12. The Labute approximate surface area is 121 Å². The van der Waals surface area contributed by atoms with E-state index in [1.165, 1.54) is 0 Å². The highest BCUT2D eigenvalue weighted by Gasteiger charge is 2.04. The van der Waals surface area contributed by atoms with E-state index in [2.05, 4.69) is 15.0 Å². The van der Waals surface area contributed by atoms with Gasteiger partial charge in [0.15, 0.2) is 5.65 Å². The van der Waals surface area contributed by atoms with Crippen LogP contribution in [-0.4, -0.2) is 21.6 Å². The molecule has 0 spiro atoms. The molecule has 0 radical (unpaired) electrons. The van der Waals surface area contributed by atoms with Gasteiger partial charge in [0.05, 0.1) is 18.6 Å². The first-order valence-electron chi connectivity index (χ1n) is 6.78. The molecule has 5 nitrogen and oxygen atoms in total. The van der Waals surface area contributed by atoms with Crippen molar-refractivity contribution in [3.05, 3.63) is 70.4 Å². The molecule has 0 unspecified atom stereocenters. The molecule has 2 heterocycles. The van der Waals surface area contributed by atoms with Crippen molar-refractivity contribution in [1.82, 2.24) is 15.0 Å². The van der Waals surface area contributed by atoms with E-state index in [0.29, 0.717) is 36.5 Å². The summed E-state index contributed by atoms with van der Waals surface area (Å²) >= 11 is 0. The van der Waals surface area contributed by atoms with Crippen LogP contribution < -0.4 is 5.56 Å². The fourth-order valence-electron chi connectivity index (χ4n) is 2.07. The molecule has 0 atom stereocenters. The van der Waals surface area contributed by atoms with Crippen LogP contribution in [0.25, 0.3) is 11.0 Å². The lowest BCUT2D eigenvalue weighted by Gasteiger charge is -2.05. The average molecular weight is 281 g/mol. The molecule has 21 heavy (non-hydrogen) atoms. The minimum atomic E-state index is -0.161. The highest BCUT2D eigenvalue weighted by atomic mass is 16.5. The van der Waals surface area contributed by atoms with Gasteiger partial charge in [0.25, 0.3) is 5.56 Å². The maximum absolute atomic E-state index is 11.9. The molecule has 0 aliphatic heterocycles. The van der Waals surface area contributed by atoms with Crippen molar-refractivity contribution in [3.8, 4) is 0 Å². The van der Waals surface area contributed by atoms with Gasteiger partial charge in [-0.25, -0.2) is 9.97 Å². The van der Waals surface area contributed by atoms with Gasteiger partial charge in [-0.15, -0.1) is 0 Å². The molecule has 0 aliphatic carbocycles. The van der Waals surface area contributed by atoms with Crippen molar-refractivity contribution in [2.24, 2.45) is 0 Å². The van der Waals surface area contributed by atoms with E-state index in [-0.39, 0.29) is 5.56 Å². The number of pyridine rings is 1. The molecule has 0 fully saturated rings. The molecule has 1 aromatic carbocycles. The van der Waals surface area contributed by atoms with Gasteiger partial charge in [0.1, 0.15) is 5.82 Å². The maximum Gasteiger partial charge on any atom is 0.260 e. The van der Waals surface area contributed by atoms with Crippen LogP contribution in [0.15, 0.2) is 53.5 Å². The second kappa shape index (κ2) is 6.28. The van der Waals surface area contributed by atoms with Crippen molar-refractivity contribution in [1.29, 1.82) is 0 Å². The summed E-state index contributed by atoms with van der Waals surface area (Å²) in [5, 5.41) is 0.506. The van der Waals surface area contributed by atoms with Crippen LogP contribution in [0.4, 0.5) is 0 Å². The third-order valence-corrected chi connectivity index (χ3v) is 3.12. The number of aromatic amines is 1. The van der Waals surface area contributed by atoms with Crippen LogP contribution in [0.5, 0.6) is 0 Å². The maximum atomic E-state index is 11.9. The summed E-state index contributed by atoms with van der Waals surface area (Å²) in [6, 6.07) is 13.4. The molecule has 0 saturated heterocycles. The summed E-state index contributed by atoms with van der Waals surface area (Å²) in [5.41, 5.74) is 1.43. The summed E-state index contributed by atoms with van der Waals surface area (Å²) in [7, 11) is 0. The molecule has 2 aromatic heterocycles. The number of ether oxygens (including phenoxy) is 1. The Morgan fingerprint density at radius 1 is 1.10 bits per heavy atom. The standard InChI is InChI=1S/C16H15N3O2/c20-16-13-7-4-9-17-15(13)18-14(19-16)8-10-21-11-12-5-2-1-3-6-12/h1-7,9H,8,10-11H2,(H,17,18,19,20). The molecule has 0 saturated carbocycles. The summed E-state index contributed by atoms with van der Waals surface area (Å²) in [6.07, 6.45) is 2.18. The largest absolute Gasteiger partial charge is 0.376 e. The van der Waals surface area contributed by atoms with Gasteiger partial charge >= 0.3 is 0 Å². The quantitative estimate of drug-likeness (QED) is 0.727. The van der Waals surface area contributed by atoms with Gasteiger partial charge < -0.3 is 9.72 Å². The molecule has 1 N–H and O–H groups in total. The van der Waals surface area contributed by atoms with Crippen molar-refractivity contribution in [2.45, 2.75) is 13.0 Å². The Balaban J connectivity index is 1.62. The summed E-state index contributed by atoms with van der Waals surface area (Å²) in [6.45, 7) is 1.05. The molecule has 3 aromatic rings. The van der Waals surface area contributed by atoms with E-state index in [1.807, 2.05) is 30.3 Å². The van der Waals surface area contributed by atoms with Crippen molar-refractivity contribution < 1.29 is 4.74 Å². The topological polar surface area (TPSA) is 67.9 Å². The zero-order chi connectivity index (χ0) is 14.5. The van der Waals surface area contributed by atoms with Crippen molar-refractivity contribution >= 4 is 11.0 Å². The van der Waals surface area contributed by atoms with Gasteiger partial charge in [0.2, 0.25) is 0 Å². The Bertz CT molecular complexity index is 784. The predicted octanol–water partition coefficient (Wildman–Crippen LogP) is 2.08. The molecule has 0 aliphatic rings. The lowest BCUT2D eigenvalue weighted by atomic mass is 10.2. The number of benzene rings is 1. The predicted molar refractivity (Wildman–Crippen MR) is 80.0 cm³/mol. The Morgan fingerprint density at radius 3 is 2.81 bits per heavy atom. The fraction of sp³-hybridized carbons (Fsp3) is 0.188. The number of H-pyrrole nitrogens is 1. The number of aromatic nitrogens is 3. The highest BCUT2D eigenvalue weighted by molar-refractivity contribution is 5.72. The highest BCUT2D eigenvalue weighted by Crippen LogP contribution is 2.04. The fourth-order valence-corrected chi connectivity index (χ4v) is 2.07. The van der Waals surface area contributed by atoms with E-state index in [4.69, 9.17) is 4.74 Å². The molecular weight excluding hydrogens is 266 g/mol. The number of nitrogens with zero attached hydrogens (tertiary/aromatic N) is 2. The minimum Gasteiger partial charge on any atom is -0.376 e. The average Bonchev–Trinajstić information content (AvgIpc) is 2.53. The first-order chi connectivity index (χ1) is 10.3. The lowest BCUT2D eigenvalue weighted by Crippen LogP contribution is -2.14. The molecular formula is C16H15N3O2. The van der Waals surface area contributed by atoms with Gasteiger partial charge in [-0.05, 0) is 17.7 Å². The number of hydrogen-bond donors (Lipinski definition) is 1. The Hall–Kier alpha value is -2.53. The van der Waals surface area contributed by atoms with Crippen LogP contribution >= 0.6 is 0 Å². The van der Waals surface area contributed by atoms with Crippen LogP contribution in [0.1, 0.15) is 11.4 Å². The first kappa shape index (κ1) is 13.5. The smallest absolute Gasteiger partial charge is 0.260 e. The second-order valence-electron chi connectivity index (χ2n) is 4.68. The van der Waals surface area contributed by atoms with E-state index >= 15 is 0 Å². The Kier molecular flexibility index (Phi) is 4.02. The molecule has 106 valence electrons. The SMILES string of the molecule is O=c1[nH]c(CCOCc2ccccc2)nc2ncccc12. The number of rotatable bonds is 5. The van der Waals surface area contributed by atoms with Crippen molar-refractivity contribution in [3.63, 3.8) is 0 Å². The summed E-state index contributed by atoms with van der Waals surface area (Å²) in [5.74, 6) is 0.597. The number of nitrogens with one attached hydrogen (secondary N) is 1. The third kappa shape index (κ3) is 3.32. The second-order valence-corrected chi connectivity index (χ2v) is 4.68. The number of fused-ring (bicyclic) bond motifs is 1. The van der Waals surface area contributed by atoms with Crippen LogP contribution in [0.3, 0.4) is 0 Å². The molecule has 0 amide bonds. The zero-order valence-corrected chi connectivity index (χ0v) is 11.5. The van der Waals surface area contributed by atoms with Crippen LogP contribution in [0.2, 0.25) is 0 Å². The van der Waals surface area contributed by atoms with Gasteiger partial charge in [-0.1, -0.05) is 30.3 Å². The van der Waals surface area contributed by atoms with Gasteiger partial charge in [0, 0.05) is 12.6 Å².